The molecule has 2 amide bonds. The minimum atomic E-state index is -0.419. The van der Waals surface area contributed by atoms with Crippen molar-refractivity contribution in [3.8, 4) is 11.5 Å². The lowest BCUT2D eigenvalue weighted by Crippen LogP contribution is -2.43. The van der Waals surface area contributed by atoms with Crippen LogP contribution in [-0.4, -0.2) is 25.0 Å². The highest BCUT2D eigenvalue weighted by molar-refractivity contribution is 5.82. The highest BCUT2D eigenvalue weighted by Gasteiger charge is 2.09. The molecule has 0 aliphatic heterocycles. The first-order chi connectivity index (χ1) is 13.0. The zero-order chi connectivity index (χ0) is 19.6. The Kier molecular flexibility index (Phi) is 7.67. The van der Waals surface area contributed by atoms with Crippen LogP contribution >= 0.6 is 0 Å². The number of aryl methyl sites for hydroxylation is 3. The predicted molar refractivity (Wildman–Crippen MR) is 104 cm³/mol. The molecule has 6 nitrogen and oxygen atoms in total. The average Bonchev–Trinajstić information content (AvgIpc) is 2.63. The topological polar surface area (TPSA) is 76.7 Å². The molecule has 2 aromatic rings. The van der Waals surface area contributed by atoms with E-state index in [1.807, 2.05) is 63.2 Å². The predicted octanol–water partition coefficient (Wildman–Crippen LogP) is 2.86. The normalized spacial score (nSPS) is 10.2. The molecule has 0 aromatic heterocycles. The fraction of sp³-hybridized carbons (Fsp3) is 0.333. The van der Waals surface area contributed by atoms with Crippen LogP contribution in [0.3, 0.4) is 0 Å². The molecule has 0 spiro atoms. The van der Waals surface area contributed by atoms with Crippen LogP contribution < -0.4 is 20.3 Å². The minimum Gasteiger partial charge on any atom is -0.494 e. The second-order valence-electron chi connectivity index (χ2n) is 6.25. The van der Waals surface area contributed by atoms with Crippen LogP contribution in [0.25, 0.3) is 0 Å². The molecule has 0 aliphatic rings. The van der Waals surface area contributed by atoms with Crippen LogP contribution in [-0.2, 0) is 16.0 Å². The molecule has 0 saturated carbocycles. The van der Waals surface area contributed by atoms with Crippen molar-refractivity contribution in [2.24, 2.45) is 0 Å². The monoisotopic (exact) mass is 370 g/mol. The van der Waals surface area contributed by atoms with Gasteiger partial charge in [-0.3, -0.25) is 20.4 Å². The average molecular weight is 370 g/mol. The first kappa shape index (κ1) is 20.3. The van der Waals surface area contributed by atoms with Crippen molar-refractivity contribution in [2.45, 2.75) is 33.6 Å². The largest absolute Gasteiger partial charge is 0.494 e. The molecule has 0 bridgehead atoms. The van der Waals surface area contributed by atoms with Gasteiger partial charge in [0.25, 0.3) is 5.91 Å². The van der Waals surface area contributed by atoms with Crippen molar-refractivity contribution in [1.82, 2.24) is 10.9 Å². The summed E-state index contributed by atoms with van der Waals surface area (Å²) in [6, 6.07) is 13.3. The van der Waals surface area contributed by atoms with Crippen molar-refractivity contribution >= 4 is 11.8 Å². The number of amides is 2. The van der Waals surface area contributed by atoms with Crippen LogP contribution in [0.4, 0.5) is 0 Å². The van der Waals surface area contributed by atoms with Crippen LogP contribution in [0.2, 0.25) is 0 Å². The Labute approximate surface area is 159 Å². The van der Waals surface area contributed by atoms with Gasteiger partial charge in [-0.25, -0.2) is 0 Å². The van der Waals surface area contributed by atoms with Gasteiger partial charge in [-0.15, -0.1) is 0 Å². The Morgan fingerprint density at radius 1 is 0.926 bits per heavy atom. The smallest absolute Gasteiger partial charge is 0.276 e. The third-order valence-electron chi connectivity index (χ3n) is 3.80. The zero-order valence-corrected chi connectivity index (χ0v) is 16.0. The van der Waals surface area contributed by atoms with Gasteiger partial charge >= 0.3 is 0 Å². The molecule has 0 atom stereocenters. The summed E-state index contributed by atoms with van der Waals surface area (Å²) in [6.45, 7) is 6.24. The zero-order valence-electron chi connectivity index (χ0n) is 16.0. The Morgan fingerprint density at radius 3 is 2.30 bits per heavy atom. The number of benzene rings is 2. The second kappa shape index (κ2) is 10.2. The van der Waals surface area contributed by atoms with E-state index in [-0.39, 0.29) is 18.9 Å². The molecule has 2 aromatic carbocycles. The fourth-order valence-corrected chi connectivity index (χ4v) is 2.66. The van der Waals surface area contributed by atoms with Gasteiger partial charge in [0, 0.05) is 6.42 Å². The molecule has 144 valence electrons. The van der Waals surface area contributed by atoms with E-state index >= 15 is 0 Å². The Balaban J connectivity index is 1.72. The van der Waals surface area contributed by atoms with E-state index in [0.717, 1.165) is 22.4 Å². The second-order valence-corrected chi connectivity index (χ2v) is 6.25. The molecule has 0 saturated heterocycles. The molecule has 0 fully saturated rings. The van der Waals surface area contributed by atoms with Crippen LogP contribution in [0.1, 0.15) is 30.0 Å². The molecular weight excluding hydrogens is 344 g/mol. The summed E-state index contributed by atoms with van der Waals surface area (Å²) in [7, 11) is 0. The summed E-state index contributed by atoms with van der Waals surface area (Å²) in [6.07, 6.45) is 0.763. The number of hydrazine groups is 1. The van der Waals surface area contributed by atoms with E-state index in [4.69, 9.17) is 9.47 Å². The van der Waals surface area contributed by atoms with Crippen molar-refractivity contribution in [3.05, 3.63) is 59.2 Å². The lowest BCUT2D eigenvalue weighted by Gasteiger charge is -2.11. The molecular formula is C21H26N2O4. The van der Waals surface area contributed by atoms with Crippen molar-refractivity contribution < 1.29 is 19.1 Å². The number of carbonyl (C=O) groups excluding carboxylic acids is 2. The lowest BCUT2D eigenvalue weighted by molar-refractivity contribution is -0.130. The van der Waals surface area contributed by atoms with E-state index in [9.17, 15) is 9.59 Å². The van der Waals surface area contributed by atoms with Gasteiger partial charge in [-0.05, 0) is 62.1 Å². The van der Waals surface area contributed by atoms with E-state index in [0.29, 0.717) is 18.8 Å². The Bertz CT molecular complexity index is 769. The highest BCUT2D eigenvalue weighted by Crippen LogP contribution is 2.19. The third kappa shape index (κ3) is 7.01. The molecule has 0 heterocycles. The molecule has 0 radical (unpaired) electrons. The fourth-order valence-electron chi connectivity index (χ4n) is 2.66. The Hall–Kier alpha value is -3.02. The number of para-hydroxylation sites is 1. The van der Waals surface area contributed by atoms with Crippen molar-refractivity contribution in [3.63, 3.8) is 0 Å². The van der Waals surface area contributed by atoms with Crippen LogP contribution in [0.5, 0.6) is 11.5 Å². The van der Waals surface area contributed by atoms with Gasteiger partial charge in [0.2, 0.25) is 5.91 Å². The Morgan fingerprint density at radius 2 is 1.59 bits per heavy atom. The molecule has 0 aliphatic carbocycles. The highest BCUT2D eigenvalue weighted by atomic mass is 16.5. The third-order valence-corrected chi connectivity index (χ3v) is 3.80. The first-order valence-corrected chi connectivity index (χ1v) is 8.97. The molecule has 0 unspecified atom stereocenters. The summed E-state index contributed by atoms with van der Waals surface area (Å²) < 4.78 is 11.0. The SMILES string of the molecule is CCOc1ccccc1CCC(=O)NNC(=O)COc1cc(C)cc(C)c1. The van der Waals surface area contributed by atoms with Gasteiger partial charge in [-0.1, -0.05) is 24.3 Å². The maximum atomic E-state index is 11.9. The first-order valence-electron chi connectivity index (χ1n) is 8.97. The summed E-state index contributed by atoms with van der Waals surface area (Å²) in [4.78, 5) is 23.8. The van der Waals surface area contributed by atoms with Crippen LogP contribution in [0, 0.1) is 13.8 Å². The standard InChI is InChI=1S/C21H26N2O4/c1-4-26-19-8-6-5-7-17(19)9-10-20(24)22-23-21(25)14-27-18-12-15(2)11-16(3)13-18/h5-8,11-13H,4,9-10,14H2,1-3H3,(H,22,24)(H,23,25). The van der Waals surface area contributed by atoms with Gasteiger partial charge in [-0.2, -0.15) is 0 Å². The summed E-state index contributed by atoms with van der Waals surface area (Å²) in [5, 5.41) is 0. The maximum Gasteiger partial charge on any atom is 0.276 e. The number of ether oxygens (including phenoxy) is 2. The van der Waals surface area contributed by atoms with Gasteiger partial charge in [0.05, 0.1) is 6.61 Å². The van der Waals surface area contributed by atoms with E-state index < -0.39 is 5.91 Å². The van der Waals surface area contributed by atoms with E-state index in [1.165, 1.54) is 0 Å². The van der Waals surface area contributed by atoms with Crippen LogP contribution in [0.15, 0.2) is 42.5 Å². The quantitative estimate of drug-likeness (QED) is 0.701. The van der Waals surface area contributed by atoms with Gasteiger partial charge < -0.3 is 9.47 Å². The summed E-state index contributed by atoms with van der Waals surface area (Å²) >= 11 is 0. The minimum absolute atomic E-state index is 0.170. The summed E-state index contributed by atoms with van der Waals surface area (Å²) in [5.74, 6) is 0.707. The maximum absolute atomic E-state index is 11.9. The number of hydrogen-bond donors (Lipinski definition) is 2. The molecule has 6 heteroatoms. The number of hydrogen-bond acceptors (Lipinski definition) is 4. The van der Waals surface area contributed by atoms with Gasteiger partial charge in [0.15, 0.2) is 6.61 Å². The number of rotatable bonds is 8. The van der Waals surface area contributed by atoms with E-state index in [2.05, 4.69) is 10.9 Å². The molecule has 2 N–H and O–H groups in total. The molecule has 27 heavy (non-hydrogen) atoms. The van der Waals surface area contributed by atoms with Gasteiger partial charge in [0.1, 0.15) is 11.5 Å². The number of nitrogens with one attached hydrogen (secondary N) is 2. The van der Waals surface area contributed by atoms with Crippen molar-refractivity contribution in [2.75, 3.05) is 13.2 Å². The molecule has 2 rings (SSSR count). The van der Waals surface area contributed by atoms with Crippen molar-refractivity contribution in [1.29, 1.82) is 0 Å². The lowest BCUT2D eigenvalue weighted by atomic mass is 10.1. The number of carbonyl (C=O) groups is 2. The summed E-state index contributed by atoms with van der Waals surface area (Å²) in [5.41, 5.74) is 7.85. The van der Waals surface area contributed by atoms with E-state index in [1.54, 1.807) is 0 Å².